The Balaban J connectivity index is 1.59. The third-order valence-corrected chi connectivity index (χ3v) is 9.54. The third kappa shape index (κ3) is 5.33. The van der Waals surface area contributed by atoms with Crippen LogP contribution >= 0.6 is 0 Å². The maximum Gasteiger partial charge on any atom is 0.355 e. The SMILES string of the molecule is C=CC(=O)N1C[C@H](C)N(c2nc(=O)n3c4nc(c(F)cc24)-c2c(F)cccc2-n2cc(nn2)CCN(C)c2cccc(C(C)C)c2-3)C[C@H]1C. The first-order valence-electron chi connectivity index (χ1n) is 16.4. The second-order valence-corrected chi connectivity index (χ2v) is 13.1. The Morgan fingerprint density at radius 1 is 1.02 bits per heavy atom. The van der Waals surface area contributed by atoms with Crippen LogP contribution < -0.4 is 15.5 Å². The number of anilines is 2. The van der Waals surface area contributed by atoms with Gasteiger partial charge in [0, 0.05) is 45.2 Å². The minimum absolute atomic E-state index is 0.0156. The van der Waals surface area contributed by atoms with E-state index in [1.54, 1.807) is 17.2 Å². The fourth-order valence-electron chi connectivity index (χ4n) is 6.99. The molecule has 0 radical (unpaired) electrons. The van der Waals surface area contributed by atoms with Crippen LogP contribution in [0.15, 0.2) is 66.1 Å². The molecule has 1 saturated heterocycles. The van der Waals surface area contributed by atoms with Gasteiger partial charge in [-0.2, -0.15) is 4.98 Å². The van der Waals surface area contributed by atoms with Crippen LogP contribution in [0.1, 0.15) is 44.9 Å². The summed E-state index contributed by atoms with van der Waals surface area (Å²) in [6.45, 7) is 12.7. The van der Waals surface area contributed by atoms with Crippen molar-refractivity contribution in [2.24, 2.45) is 0 Å². The molecule has 3 aromatic heterocycles. The van der Waals surface area contributed by atoms with Crippen LogP contribution in [0.3, 0.4) is 0 Å². The van der Waals surface area contributed by atoms with E-state index >= 15 is 8.78 Å². The molecule has 2 aromatic carbocycles. The van der Waals surface area contributed by atoms with Crippen molar-refractivity contribution in [2.45, 2.75) is 52.1 Å². The zero-order valence-electron chi connectivity index (χ0n) is 28.1. The van der Waals surface area contributed by atoms with Gasteiger partial charge in [-0.1, -0.05) is 43.8 Å². The highest BCUT2D eigenvalue weighted by Gasteiger charge is 2.34. The number of pyridine rings is 1. The van der Waals surface area contributed by atoms with Crippen LogP contribution in [0, 0.1) is 11.6 Å². The Morgan fingerprint density at radius 3 is 2.53 bits per heavy atom. The summed E-state index contributed by atoms with van der Waals surface area (Å²) in [5.41, 5.74) is 2.21. The number of amides is 1. The highest BCUT2D eigenvalue weighted by molar-refractivity contribution is 5.92. The predicted octanol–water partition coefficient (Wildman–Crippen LogP) is 5.03. The summed E-state index contributed by atoms with van der Waals surface area (Å²) < 4.78 is 35.3. The summed E-state index contributed by atoms with van der Waals surface area (Å²) in [5, 5.41) is 8.86. The second-order valence-electron chi connectivity index (χ2n) is 13.1. The van der Waals surface area contributed by atoms with E-state index in [1.165, 1.54) is 33.5 Å². The molecule has 0 spiro atoms. The third-order valence-electron chi connectivity index (χ3n) is 9.54. The fraction of sp³-hybridized carbons (Fsp3) is 0.333. The van der Waals surface area contributed by atoms with E-state index in [1.807, 2.05) is 62.7 Å². The largest absolute Gasteiger partial charge is 0.372 e. The molecule has 2 aliphatic rings. The normalized spacial score (nSPS) is 17.7. The predicted molar refractivity (Wildman–Crippen MR) is 185 cm³/mol. The molecule has 49 heavy (non-hydrogen) atoms. The first-order chi connectivity index (χ1) is 23.5. The molecule has 252 valence electrons. The van der Waals surface area contributed by atoms with Gasteiger partial charge >= 0.3 is 5.69 Å². The standard InChI is InChI=1S/C36H37F2N9O2/c1-7-30(48)44-17-22(5)45(18-21(44)4)34-25-16-27(38)32-31-26(37)11-9-12-28(31)46-19-23(41-42-46)14-15-43(6)29-13-8-10-24(20(2)3)33(29)47(35(25)39-32)36(49)40-34/h7-13,16,19-22H,1,14-15,17-18H2,2-6H3/t21-,22+/m1/s1. The topological polar surface area (TPSA) is 105 Å². The number of piperazine rings is 1. The summed E-state index contributed by atoms with van der Waals surface area (Å²) in [4.78, 5) is 42.3. The Labute approximate surface area is 282 Å². The molecule has 0 saturated carbocycles. The lowest BCUT2D eigenvalue weighted by molar-refractivity contribution is -0.128. The maximum atomic E-state index is 16.6. The van der Waals surface area contributed by atoms with Gasteiger partial charge in [-0.25, -0.2) is 27.8 Å². The highest BCUT2D eigenvalue weighted by atomic mass is 19.1. The van der Waals surface area contributed by atoms with Crippen LogP contribution in [-0.4, -0.2) is 79.1 Å². The molecule has 2 atom stereocenters. The number of hydrogen-bond acceptors (Lipinski definition) is 8. The van der Waals surface area contributed by atoms with Gasteiger partial charge in [0.25, 0.3) is 0 Å². The van der Waals surface area contributed by atoms with Crippen LogP contribution in [0.25, 0.3) is 33.7 Å². The zero-order valence-corrected chi connectivity index (χ0v) is 28.1. The van der Waals surface area contributed by atoms with Gasteiger partial charge in [-0.3, -0.25) is 4.79 Å². The number of aromatic nitrogens is 6. The molecule has 0 unspecified atom stereocenters. The molecular weight excluding hydrogens is 628 g/mol. The number of para-hydroxylation sites is 1. The molecule has 7 rings (SSSR count). The number of carbonyl (C=O) groups excluding carboxylic acids is 1. The number of hydrogen-bond donors (Lipinski definition) is 0. The first kappa shape index (κ1) is 32.1. The van der Waals surface area contributed by atoms with E-state index in [4.69, 9.17) is 4.98 Å². The van der Waals surface area contributed by atoms with Gasteiger partial charge in [-0.15, -0.1) is 5.10 Å². The highest BCUT2D eigenvalue weighted by Crippen LogP contribution is 2.38. The average molecular weight is 666 g/mol. The zero-order chi connectivity index (χ0) is 34.7. The van der Waals surface area contributed by atoms with E-state index in [0.29, 0.717) is 37.4 Å². The number of rotatable bonds is 3. The number of likely N-dealkylation sites (N-methyl/N-ethyl adjacent to an activating group) is 1. The molecule has 0 N–H and O–H groups in total. The number of benzene rings is 2. The van der Waals surface area contributed by atoms with Crippen molar-refractivity contribution < 1.29 is 13.6 Å². The van der Waals surface area contributed by atoms with Crippen LogP contribution in [-0.2, 0) is 11.2 Å². The molecular formula is C36H37F2N9O2. The Bertz CT molecular complexity index is 2190. The molecule has 0 aliphatic carbocycles. The molecule has 5 aromatic rings. The van der Waals surface area contributed by atoms with Gasteiger partial charge in [0.05, 0.1) is 39.9 Å². The van der Waals surface area contributed by atoms with E-state index < -0.39 is 17.3 Å². The molecule has 1 amide bonds. The van der Waals surface area contributed by atoms with Gasteiger partial charge in [0.15, 0.2) is 11.5 Å². The molecule has 5 heterocycles. The molecule has 13 heteroatoms. The van der Waals surface area contributed by atoms with Crippen molar-refractivity contribution in [3.8, 4) is 22.6 Å². The van der Waals surface area contributed by atoms with Crippen LogP contribution in [0.2, 0.25) is 0 Å². The van der Waals surface area contributed by atoms with Crippen molar-refractivity contribution >= 4 is 28.4 Å². The summed E-state index contributed by atoms with van der Waals surface area (Å²) in [6, 6.07) is 11.0. The van der Waals surface area contributed by atoms with E-state index in [2.05, 4.69) is 21.9 Å². The molecule has 11 nitrogen and oxygen atoms in total. The monoisotopic (exact) mass is 665 g/mol. The smallest absolute Gasteiger partial charge is 0.355 e. The summed E-state index contributed by atoms with van der Waals surface area (Å²) in [6.07, 6.45) is 3.49. The number of carbonyl (C=O) groups is 1. The van der Waals surface area contributed by atoms with Gasteiger partial charge in [0.2, 0.25) is 5.91 Å². The van der Waals surface area contributed by atoms with Crippen LogP contribution in [0.5, 0.6) is 0 Å². The molecule has 1 fully saturated rings. The summed E-state index contributed by atoms with van der Waals surface area (Å²) >= 11 is 0. The van der Waals surface area contributed by atoms with E-state index in [0.717, 1.165) is 11.3 Å². The Kier molecular flexibility index (Phi) is 8.00. The number of nitrogens with zero attached hydrogens (tertiary/aromatic N) is 9. The van der Waals surface area contributed by atoms with Gasteiger partial charge in [-0.05, 0) is 55.7 Å². The van der Waals surface area contributed by atoms with Crippen molar-refractivity contribution in [2.75, 3.05) is 36.5 Å². The first-order valence-corrected chi connectivity index (χ1v) is 16.4. The van der Waals surface area contributed by atoms with Gasteiger partial charge < -0.3 is 14.7 Å². The second kappa shape index (κ2) is 12.2. The minimum atomic E-state index is -0.796. The number of fused-ring (bicyclic) bond motifs is 8. The molecule has 4 bridgehead atoms. The van der Waals surface area contributed by atoms with Gasteiger partial charge in [0.1, 0.15) is 17.3 Å². The summed E-state index contributed by atoms with van der Waals surface area (Å²) in [7, 11) is 1.94. The number of halogens is 2. The lowest BCUT2D eigenvalue weighted by atomic mass is 9.99. The maximum absolute atomic E-state index is 16.6. The lowest BCUT2D eigenvalue weighted by Gasteiger charge is -2.44. The Hall–Kier alpha value is -5.46. The van der Waals surface area contributed by atoms with Crippen LogP contribution in [0.4, 0.5) is 20.3 Å². The Morgan fingerprint density at radius 2 is 1.78 bits per heavy atom. The lowest BCUT2D eigenvalue weighted by Crippen LogP contribution is -2.58. The van der Waals surface area contributed by atoms with Crippen molar-refractivity contribution in [1.82, 2.24) is 34.4 Å². The average Bonchev–Trinajstić information content (AvgIpc) is 3.55. The quantitative estimate of drug-likeness (QED) is 0.247. The van der Waals surface area contributed by atoms with E-state index in [-0.39, 0.29) is 57.7 Å². The molecule has 2 aliphatic heterocycles. The summed E-state index contributed by atoms with van der Waals surface area (Å²) in [5.74, 6) is -1.47. The van der Waals surface area contributed by atoms with Crippen molar-refractivity contribution in [3.05, 3.63) is 94.7 Å². The van der Waals surface area contributed by atoms with Crippen molar-refractivity contribution in [1.29, 1.82) is 0 Å². The minimum Gasteiger partial charge on any atom is -0.372 e. The van der Waals surface area contributed by atoms with Crippen molar-refractivity contribution in [3.63, 3.8) is 0 Å². The fourth-order valence-corrected chi connectivity index (χ4v) is 6.99. The van der Waals surface area contributed by atoms with E-state index in [9.17, 15) is 9.59 Å².